The highest BCUT2D eigenvalue weighted by Gasteiger charge is 2.15. The summed E-state index contributed by atoms with van der Waals surface area (Å²) in [5.41, 5.74) is 3.38. The summed E-state index contributed by atoms with van der Waals surface area (Å²) >= 11 is 0. The van der Waals surface area contributed by atoms with Crippen LogP contribution in [-0.2, 0) is 10.0 Å². The van der Waals surface area contributed by atoms with E-state index in [0.29, 0.717) is 28.1 Å². The highest BCUT2D eigenvalue weighted by atomic mass is 32.2. The Morgan fingerprint density at radius 2 is 1.68 bits per heavy atom. The van der Waals surface area contributed by atoms with Crippen molar-refractivity contribution in [2.45, 2.75) is 6.92 Å². The lowest BCUT2D eigenvalue weighted by molar-refractivity contribution is 0.102. The Balaban J connectivity index is 1.65. The molecule has 0 fully saturated rings. The third-order valence-corrected chi connectivity index (χ3v) is 5.10. The number of para-hydroxylation sites is 1. The zero-order chi connectivity index (χ0) is 19.9. The van der Waals surface area contributed by atoms with Gasteiger partial charge in [0.05, 0.1) is 11.9 Å². The molecule has 0 radical (unpaired) electrons. The van der Waals surface area contributed by atoms with Crippen molar-refractivity contribution in [1.29, 1.82) is 0 Å². The standard InChI is InChI=1S/C21H18N2O4S/c1-13-15(7-5-8-18(13)23-28(2,25)26)21(24)22-14-10-11-17-16-6-3-4-9-19(16)27-20(17)12-14/h3-12,23H,1-2H3,(H,22,24). The van der Waals surface area contributed by atoms with Gasteiger partial charge in [0.2, 0.25) is 10.0 Å². The van der Waals surface area contributed by atoms with Gasteiger partial charge in [-0.25, -0.2) is 8.42 Å². The molecule has 7 heteroatoms. The van der Waals surface area contributed by atoms with Crippen molar-refractivity contribution in [3.63, 3.8) is 0 Å². The molecule has 0 atom stereocenters. The number of hydrogen-bond donors (Lipinski definition) is 2. The average molecular weight is 394 g/mol. The van der Waals surface area contributed by atoms with Gasteiger partial charge in [0, 0.05) is 28.1 Å². The third-order valence-electron chi connectivity index (χ3n) is 4.51. The molecule has 0 spiro atoms. The summed E-state index contributed by atoms with van der Waals surface area (Å²) in [4.78, 5) is 12.7. The summed E-state index contributed by atoms with van der Waals surface area (Å²) in [6, 6.07) is 18.2. The van der Waals surface area contributed by atoms with Crippen molar-refractivity contribution >= 4 is 49.2 Å². The molecule has 0 saturated heterocycles. The Labute approximate surface area is 162 Å². The van der Waals surface area contributed by atoms with E-state index in [1.165, 1.54) is 0 Å². The molecule has 0 aliphatic heterocycles. The second kappa shape index (κ2) is 6.69. The van der Waals surface area contributed by atoms with E-state index in [1.807, 2.05) is 36.4 Å². The number of furan rings is 1. The minimum Gasteiger partial charge on any atom is -0.456 e. The molecule has 4 aromatic rings. The first kappa shape index (κ1) is 18.1. The monoisotopic (exact) mass is 394 g/mol. The van der Waals surface area contributed by atoms with Crippen molar-refractivity contribution in [2.75, 3.05) is 16.3 Å². The number of hydrogen-bond acceptors (Lipinski definition) is 4. The van der Waals surface area contributed by atoms with E-state index in [1.54, 1.807) is 31.2 Å². The Kier molecular flexibility index (Phi) is 4.31. The van der Waals surface area contributed by atoms with E-state index in [9.17, 15) is 13.2 Å². The Bertz CT molecular complexity index is 1320. The number of nitrogens with one attached hydrogen (secondary N) is 2. The largest absolute Gasteiger partial charge is 0.456 e. The molecule has 2 N–H and O–H groups in total. The van der Waals surface area contributed by atoms with Crippen molar-refractivity contribution < 1.29 is 17.6 Å². The van der Waals surface area contributed by atoms with Crippen molar-refractivity contribution in [3.8, 4) is 0 Å². The van der Waals surface area contributed by atoms with Gasteiger partial charge in [-0.2, -0.15) is 0 Å². The van der Waals surface area contributed by atoms with Crippen LogP contribution in [-0.4, -0.2) is 20.6 Å². The lowest BCUT2D eigenvalue weighted by atomic mass is 10.1. The molecule has 0 aliphatic rings. The Morgan fingerprint density at radius 1 is 0.929 bits per heavy atom. The maximum atomic E-state index is 12.7. The Hall–Kier alpha value is -3.32. The topological polar surface area (TPSA) is 88.4 Å². The molecule has 1 heterocycles. The van der Waals surface area contributed by atoms with E-state index >= 15 is 0 Å². The zero-order valence-corrected chi connectivity index (χ0v) is 16.1. The van der Waals surface area contributed by atoms with Crippen LogP contribution in [0.25, 0.3) is 21.9 Å². The van der Waals surface area contributed by atoms with Gasteiger partial charge in [-0.3, -0.25) is 9.52 Å². The molecular weight excluding hydrogens is 376 g/mol. The molecular formula is C21H18N2O4S. The second-order valence-corrected chi connectivity index (χ2v) is 8.36. The SMILES string of the molecule is Cc1c(NS(C)(=O)=O)cccc1C(=O)Nc1ccc2c(c1)oc1ccccc12. The number of amides is 1. The average Bonchev–Trinajstić information content (AvgIpc) is 3.00. The fraction of sp³-hybridized carbons (Fsp3) is 0.0952. The van der Waals surface area contributed by atoms with Gasteiger partial charge in [0.15, 0.2) is 0 Å². The fourth-order valence-electron chi connectivity index (χ4n) is 3.19. The molecule has 1 amide bonds. The summed E-state index contributed by atoms with van der Waals surface area (Å²) in [5, 5.41) is 4.84. The zero-order valence-electron chi connectivity index (χ0n) is 15.3. The number of benzene rings is 3. The molecule has 0 saturated carbocycles. The molecule has 3 aromatic carbocycles. The Morgan fingerprint density at radius 3 is 2.46 bits per heavy atom. The molecule has 6 nitrogen and oxygen atoms in total. The number of sulfonamides is 1. The molecule has 1 aromatic heterocycles. The van der Waals surface area contributed by atoms with Gasteiger partial charge in [0.1, 0.15) is 11.2 Å². The van der Waals surface area contributed by atoms with Gasteiger partial charge >= 0.3 is 0 Å². The van der Waals surface area contributed by atoms with Gasteiger partial charge in [0.25, 0.3) is 5.91 Å². The molecule has 0 unspecified atom stereocenters. The summed E-state index contributed by atoms with van der Waals surface area (Å²) in [6.07, 6.45) is 1.07. The van der Waals surface area contributed by atoms with Crippen LogP contribution in [0.3, 0.4) is 0 Å². The number of rotatable bonds is 4. The van der Waals surface area contributed by atoms with Gasteiger partial charge in [-0.1, -0.05) is 24.3 Å². The van der Waals surface area contributed by atoms with E-state index < -0.39 is 10.0 Å². The summed E-state index contributed by atoms with van der Waals surface area (Å²) in [7, 11) is -3.43. The first-order valence-electron chi connectivity index (χ1n) is 8.62. The van der Waals surface area contributed by atoms with Gasteiger partial charge < -0.3 is 9.73 Å². The van der Waals surface area contributed by atoms with Crippen LogP contribution in [0.5, 0.6) is 0 Å². The molecule has 28 heavy (non-hydrogen) atoms. The highest BCUT2D eigenvalue weighted by molar-refractivity contribution is 7.92. The smallest absolute Gasteiger partial charge is 0.256 e. The maximum absolute atomic E-state index is 12.7. The second-order valence-electron chi connectivity index (χ2n) is 6.62. The van der Waals surface area contributed by atoms with Crippen molar-refractivity contribution in [3.05, 3.63) is 71.8 Å². The van der Waals surface area contributed by atoms with E-state index in [-0.39, 0.29) is 5.91 Å². The lowest BCUT2D eigenvalue weighted by Gasteiger charge is -2.12. The quantitative estimate of drug-likeness (QED) is 0.533. The number of carbonyl (C=O) groups excluding carboxylic acids is 1. The third kappa shape index (κ3) is 3.44. The normalized spacial score (nSPS) is 11.6. The predicted octanol–water partition coefficient (Wildman–Crippen LogP) is 4.52. The number of carbonyl (C=O) groups is 1. The van der Waals surface area contributed by atoms with Crippen LogP contribution in [0.4, 0.5) is 11.4 Å². The van der Waals surface area contributed by atoms with Gasteiger partial charge in [-0.15, -0.1) is 0 Å². The van der Waals surface area contributed by atoms with Crippen LogP contribution < -0.4 is 10.0 Å². The van der Waals surface area contributed by atoms with Crippen molar-refractivity contribution in [1.82, 2.24) is 0 Å². The van der Waals surface area contributed by atoms with Gasteiger partial charge in [-0.05, 0) is 42.8 Å². The number of fused-ring (bicyclic) bond motifs is 3. The molecule has 0 aliphatic carbocycles. The summed E-state index contributed by atoms with van der Waals surface area (Å²) in [5.74, 6) is -0.329. The van der Waals surface area contributed by atoms with Crippen LogP contribution in [0.2, 0.25) is 0 Å². The molecule has 0 bridgehead atoms. The van der Waals surface area contributed by atoms with Crippen LogP contribution >= 0.6 is 0 Å². The fourth-order valence-corrected chi connectivity index (χ4v) is 3.81. The lowest BCUT2D eigenvalue weighted by Crippen LogP contribution is -2.16. The molecule has 142 valence electrons. The minimum atomic E-state index is -3.43. The highest BCUT2D eigenvalue weighted by Crippen LogP contribution is 2.30. The van der Waals surface area contributed by atoms with E-state index in [4.69, 9.17) is 4.42 Å². The van der Waals surface area contributed by atoms with E-state index in [2.05, 4.69) is 10.0 Å². The summed E-state index contributed by atoms with van der Waals surface area (Å²) in [6.45, 7) is 1.70. The van der Waals surface area contributed by atoms with E-state index in [0.717, 1.165) is 22.6 Å². The molecule has 4 rings (SSSR count). The first-order valence-corrected chi connectivity index (χ1v) is 10.5. The number of anilines is 2. The predicted molar refractivity (Wildman–Crippen MR) is 111 cm³/mol. The minimum absolute atomic E-state index is 0.329. The van der Waals surface area contributed by atoms with Crippen molar-refractivity contribution in [2.24, 2.45) is 0 Å². The summed E-state index contributed by atoms with van der Waals surface area (Å²) < 4.78 is 31.3. The van der Waals surface area contributed by atoms with Crippen LogP contribution in [0.1, 0.15) is 15.9 Å². The van der Waals surface area contributed by atoms with Crippen LogP contribution in [0.15, 0.2) is 65.1 Å². The first-order chi connectivity index (χ1) is 13.3. The maximum Gasteiger partial charge on any atom is 0.256 e. The van der Waals surface area contributed by atoms with Crippen LogP contribution in [0, 0.1) is 6.92 Å².